The van der Waals surface area contributed by atoms with Gasteiger partial charge in [0.2, 0.25) is 0 Å². The van der Waals surface area contributed by atoms with Gasteiger partial charge in [-0.3, -0.25) is 9.69 Å². The molecular weight excluding hydrogens is 372 g/mol. The van der Waals surface area contributed by atoms with Crippen molar-refractivity contribution in [2.24, 2.45) is 0 Å². The molecule has 0 N–H and O–H groups in total. The molecule has 30 heavy (non-hydrogen) atoms. The van der Waals surface area contributed by atoms with Crippen LogP contribution in [-0.2, 0) is 6.54 Å². The van der Waals surface area contributed by atoms with Gasteiger partial charge in [-0.25, -0.2) is 0 Å². The van der Waals surface area contributed by atoms with Gasteiger partial charge in [0.1, 0.15) is 0 Å². The van der Waals surface area contributed by atoms with Crippen molar-refractivity contribution >= 4 is 5.91 Å². The fourth-order valence-electron chi connectivity index (χ4n) is 4.00. The summed E-state index contributed by atoms with van der Waals surface area (Å²) < 4.78 is 0. The van der Waals surface area contributed by atoms with E-state index in [1.54, 1.807) is 4.90 Å². The molecule has 0 spiro atoms. The molecule has 0 aromatic heterocycles. The SMILES string of the molecule is CCCN(C)C(=O)c1ccc(-c2ccc(CN3CCCN(C)CC3)cc2C#N)cc1. The van der Waals surface area contributed by atoms with Crippen molar-refractivity contribution in [3.05, 3.63) is 59.2 Å². The van der Waals surface area contributed by atoms with Gasteiger partial charge in [0.05, 0.1) is 11.6 Å². The summed E-state index contributed by atoms with van der Waals surface area (Å²) in [6.45, 7) is 8.06. The fourth-order valence-corrected chi connectivity index (χ4v) is 4.00. The second kappa shape index (κ2) is 10.4. The first-order valence-corrected chi connectivity index (χ1v) is 10.8. The molecule has 5 nitrogen and oxygen atoms in total. The third kappa shape index (κ3) is 5.47. The van der Waals surface area contributed by atoms with Crippen LogP contribution in [0.25, 0.3) is 11.1 Å². The molecule has 3 rings (SSSR count). The Kier molecular flexibility index (Phi) is 7.62. The first-order chi connectivity index (χ1) is 14.5. The minimum atomic E-state index is 0.0300. The van der Waals surface area contributed by atoms with Gasteiger partial charge in [-0.05, 0) is 67.9 Å². The summed E-state index contributed by atoms with van der Waals surface area (Å²) in [4.78, 5) is 19.0. The number of carbonyl (C=O) groups is 1. The van der Waals surface area contributed by atoms with Gasteiger partial charge in [-0.2, -0.15) is 5.26 Å². The van der Waals surface area contributed by atoms with Crippen LogP contribution in [0.15, 0.2) is 42.5 Å². The van der Waals surface area contributed by atoms with Crippen molar-refractivity contribution in [1.29, 1.82) is 5.26 Å². The van der Waals surface area contributed by atoms with Crippen molar-refractivity contribution in [3.63, 3.8) is 0 Å². The molecule has 1 heterocycles. The Balaban J connectivity index is 1.75. The maximum Gasteiger partial charge on any atom is 0.253 e. The Morgan fingerprint density at radius 1 is 1.10 bits per heavy atom. The normalized spacial score (nSPS) is 15.4. The largest absolute Gasteiger partial charge is 0.342 e. The van der Waals surface area contributed by atoms with E-state index in [0.29, 0.717) is 11.1 Å². The molecule has 0 unspecified atom stereocenters. The number of hydrogen-bond acceptors (Lipinski definition) is 4. The molecule has 2 aromatic rings. The number of rotatable bonds is 6. The lowest BCUT2D eigenvalue weighted by molar-refractivity contribution is 0.0795. The van der Waals surface area contributed by atoms with Crippen molar-refractivity contribution in [2.45, 2.75) is 26.3 Å². The van der Waals surface area contributed by atoms with Gasteiger partial charge in [-0.15, -0.1) is 0 Å². The number of carbonyl (C=O) groups excluding carboxylic acids is 1. The number of benzene rings is 2. The number of amides is 1. The van der Waals surface area contributed by atoms with E-state index in [4.69, 9.17) is 0 Å². The Hall–Kier alpha value is -2.68. The van der Waals surface area contributed by atoms with Gasteiger partial charge >= 0.3 is 0 Å². The van der Waals surface area contributed by atoms with Crippen molar-refractivity contribution in [2.75, 3.05) is 46.8 Å². The van der Waals surface area contributed by atoms with Gasteiger partial charge in [-0.1, -0.05) is 31.2 Å². The van der Waals surface area contributed by atoms with Crippen molar-refractivity contribution < 1.29 is 4.79 Å². The highest BCUT2D eigenvalue weighted by atomic mass is 16.2. The van der Waals surface area contributed by atoms with E-state index in [9.17, 15) is 10.1 Å². The molecule has 1 amide bonds. The molecular formula is C25H32N4O. The standard InChI is InChI=1S/C25H32N4O/c1-4-12-28(3)25(30)22-9-7-21(8-10-22)24-11-6-20(17-23(24)18-26)19-29-14-5-13-27(2)15-16-29/h6-11,17H,4-5,12-16,19H2,1-3H3. The fraction of sp³-hybridized carbons (Fsp3) is 0.440. The molecule has 0 atom stereocenters. The van der Waals surface area contributed by atoms with E-state index in [0.717, 1.165) is 56.8 Å². The van der Waals surface area contributed by atoms with Crippen LogP contribution in [0.2, 0.25) is 0 Å². The van der Waals surface area contributed by atoms with Gasteiger partial charge in [0, 0.05) is 38.8 Å². The van der Waals surface area contributed by atoms with Crippen LogP contribution in [0.3, 0.4) is 0 Å². The van der Waals surface area contributed by atoms with Crippen molar-refractivity contribution in [3.8, 4) is 17.2 Å². The lowest BCUT2D eigenvalue weighted by Gasteiger charge is -2.20. The van der Waals surface area contributed by atoms with Crippen molar-refractivity contribution in [1.82, 2.24) is 14.7 Å². The molecule has 1 aliphatic rings. The number of likely N-dealkylation sites (N-methyl/N-ethyl adjacent to an activating group) is 1. The van der Waals surface area contributed by atoms with E-state index < -0.39 is 0 Å². The van der Waals surface area contributed by atoms with Crippen LogP contribution < -0.4 is 0 Å². The highest BCUT2D eigenvalue weighted by Crippen LogP contribution is 2.26. The van der Waals surface area contributed by atoms with E-state index >= 15 is 0 Å². The third-order valence-electron chi connectivity index (χ3n) is 5.77. The van der Waals surface area contributed by atoms with E-state index in [2.05, 4.69) is 35.9 Å². The summed E-state index contributed by atoms with van der Waals surface area (Å²) in [5.74, 6) is 0.0300. The average Bonchev–Trinajstić information content (AvgIpc) is 2.97. The molecule has 0 bridgehead atoms. The zero-order chi connectivity index (χ0) is 21.5. The average molecular weight is 405 g/mol. The Labute approximate surface area is 180 Å². The molecule has 158 valence electrons. The topological polar surface area (TPSA) is 50.6 Å². The third-order valence-corrected chi connectivity index (χ3v) is 5.77. The predicted molar refractivity (Wildman–Crippen MR) is 121 cm³/mol. The molecule has 0 aliphatic carbocycles. The summed E-state index contributed by atoms with van der Waals surface area (Å²) >= 11 is 0. The Bertz CT molecular complexity index is 900. The molecule has 1 fully saturated rings. The van der Waals surface area contributed by atoms with Crippen LogP contribution >= 0.6 is 0 Å². The summed E-state index contributed by atoms with van der Waals surface area (Å²) in [5.41, 5.74) is 4.41. The lowest BCUT2D eigenvalue weighted by Crippen LogP contribution is -2.28. The van der Waals surface area contributed by atoms with Gasteiger partial charge in [0.25, 0.3) is 5.91 Å². The van der Waals surface area contributed by atoms with E-state index in [-0.39, 0.29) is 5.91 Å². The Morgan fingerprint density at radius 2 is 1.87 bits per heavy atom. The highest BCUT2D eigenvalue weighted by molar-refractivity contribution is 5.94. The van der Waals surface area contributed by atoms with E-state index in [1.807, 2.05) is 43.4 Å². The minimum absolute atomic E-state index is 0.0300. The summed E-state index contributed by atoms with van der Waals surface area (Å²) in [6.07, 6.45) is 2.12. The number of nitriles is 1. The summed E-state index contributed by atoms with van der Waals surface area (Å²) in [7, 11) is 4.00. The van der Waals surface area contributed by atoms with Crippen LogP contribution in [0, 0.1) is 11.3 Å². The van der Waals surface area contributed by atoms with Crippen LogP contribution in [0.5, 0.6) is 0 Å². The summed E-state index contributed by atoms with van der Waals surface area (Å²) in [6, 6.07) is 16.1. The molecule has 5 heteroatoms. The van der Waals surface area contributed by atoms with E-state index in [1.165, 1.54) is 12.0 Å². The second-order valence-corrected chi connectivity index (χ2v) is 8.23. The first-order valence-electron chi connectivity index (χ1n) is 10.8. The Morgan fingerprint density at radius 3 is 2.57 bits per heavy atom. The maximum absolute atomic E-state index is 12.5. The molecule has 0 saturated carbocycles. The molecule has 1 aliphatic heterocycles. The van der Waals surface area contributed by atoms with Crippen LogP contribution in [0.1, 0.15) is 41.3 Å². The van der Waals surface area contributed by atoms with Gasteiger partial charge < -0.3 is 9.80 Å². The van der Waals surface area contributed by atoms with Crippen LogP contribution in [0.4, 0.5) is 0 Å². The molecule has 2 aromatic carbocycles. The number of hydrogen-bond donors (Lipinski definition) is 0. The predicted octanol–water partition coefficient (Wildman–Crippen LogP) is 3.84. The zero-order valence-electron chi connectivity index (χ0n) is 18.4. The first kappa shape index (κ1) is 22.0. The molecule has 0 radical (unpaired) electrons. The van der Waals surface area contributed by atoms with Gasteiger partial charge in [0.15, 0.2) is 0 Å². The molecule has 1 saturated heterocycles. The second-order valence-electron chi connectivity index (χ2n) is 8.23. The smallest absolute Gasteiger partial charge is 0.253 e. The zero-order valence-corrected chi connectivity index (χ0v) is 18.4. The quantitative estimate of drug-likeness (QED) is 0.734. The summed E-state index contributed by atoms with van der Waals surface area (Å²) in [5, 5.41) is 9.73. The number of nitrogens with zero attached hydrogens (tertiary/aromatic N) is 4. The lowest BCUT2D eigenvalue weighted by atomic mass is 9.97. The maximum atomic E-state index is 12.5. The minimum Gasteiger partial charge on any atom is -0.342 e. The monoisotopic (exact) mass is 404 g/mol. The van der Waals surface area contributed by atoms with Crippen LogP contribution in [-0.4, -0.2) is 67.4 Å². The highest BCUT2D eigenvalue weighted by Gasteiger charge is 2.15.